The molecule has 1 amide bonds. The number of phenols is 1. The lowest BCUT2D eigenvalue weighted by Gasteiger charge is -2.37. The minimum absolute atomic E-state index is 0.0259. The molecular weight excluding hydrogens is 442 g/mol. The summed E-state index contributed by atoms with van der Waals surface area (Å²) in [5.74, 6) is 1.65. The summed E-state index contributed by atoms with van der Waals surface area (Å²) in [6.07, 6.45) is 0.746. The zero-order valence-corrected chi connectivity index (χ0v) is 18.4. The van der Waals surface area contributed by atoms with Gasteiger partial charge >= 0.3 is 6.09 Å². The molecule has 0 aliphatic carbocycles. The molecule has 8 heteroatoms. The Balaban J connectivity index is 2.08. The first kappa shape index (κ1) is 21.1. The van der Waals surface area contributed by atoms with Crippen molar-refractivity contribution in [2.45, 2.75) is 18.9 Å². The number of amides is 1. The Bertz CT molecular complexity index is 917. The van der Waals surface area contributed by atoms with E-state index >= 15 is 0 Å². The van der Waals surface area contributed by atoms with E-state index in [0.717, 1.165) is 16.7 Å². The Morgan fingerprint density at radius 2 is 1.76 bits per heavy atom. The second-order valence-electron chi connectivity index (χ2n) is 6.63. The van der Waals surface area contributed by atoms with E-state index < -0.39 is 6.09 Å². The van der Waals surface area contributed by atoms with E-state index in [2.05, 4.69) is 15.9 Å². The van der Waals surface area contributed by atoms with Crippen molar-refractivity contribution in [1.82, 2.24) is 4.90 Å². The largest absolute Gasteiger partial charge is 0.503 e. The predicted molar refractivity (Wildman–Crippen MR) is 111 cm³/mol. The van der Waals surface area contributed by atoms with Crippen LogP contribution in [0.4, 0.5) is 4.79 Å². The number of halogens is 1. The molecule has 1 aliphatic rings. The van der Waals surface area contributed by atoms with Crippen molar-refractivity contribution in [2.75, 3.05) is 35.0 Å². The van der Waals surface area contributed by atoms with Crippen molar-refractivity contribution < 1.29 is 28.8 Å². The van der Waals surface area contributed by atoms with Gasteiger partial charge in [-0.2, -0.15) is 0 Å². The van der Waals surface area contributed by atoms with Gasteiger partial charge in [-0.05, 0) is 63.7 Å². The fourth-order valence-electron chi connectivity index (χ4n) is 3.70. The number of phenolic OH excluding ortho intramolecular Hbond substituents is 1. The molecule has 7 nitrogen and oxygen atoms in total. The molecule has 0 aromatic heterocycles. The highest BCUT2D eigenvalue weighted by Gasteiger charge is 2.33. The van der Waals surface area contributed by atoms with E-state index in [1.54, 1.807) is 25.2 Å². The van der Waals surface area contributed by atoms with Crippen LogP contribution >= 0.6 is 15.9 Å². The highest BCUT2D eigenvalue weighted by Crippen LogP contribution is 2.43. The first-order valence-electron chi connectivity index (χ1n) is 9.08. The maximum absolute atomic E-state index is 12.5. The van der Waals surface area contributed by atoms with Crippen molar-refractivity contribution in [3.63, 3.8) is 0 Å². The molecule has 29 heavy (non-hydrogen) atoms. The standard InChI is InChI=1S/C21H24BrNO6/c1-26-16-6-5-13(19(22)20(16)24)9-15-14-11-18(28-3)17(27-2)10-12(14)7-8-23(15)21(25)29-4/h5-6,10-11,15,24H,7-9H2,1-4H3. The third-order valence-electron chi connectivity index (χ3n) is 5.20. The van der Waals surface area contributed by atoms with Crippen LogP contribution < -0.4 is 14.2 Å². The molecule has 0 bridgehead atoms. The molecule has 1 heterocycles. The van der Waals surface area contributed by atoms with Gasteiger partial charge in [0.15, 0.2) is 23.0 Å². The van der Waals surface area contributed by atoms with Gasteiger partial charge in [-0.3, -0.25) is 0 Å². The third-order valence-corrected chi connectivity index (χ3v) is 6.09. The van der Waals surface area contributed by atoms with Gasteiger partial charge in [0.05, 0.1) is 39.0 Å². The number of benzene rings is 2. The second-order valence-corrected chi connectivity index (χ2v) is 7.42. The van der Waals surface area contributed by atoms with Crippen LogP contribution in [0.5, 0.6) is 23.0 Å². The van der Waals surface area contributed by atoms with Crippen molar-refractivity contribution in [1.29, 1.82) is 0 Å². The Labute approximate surface area is 178 Å². The highest BCUT2D eigenvalue weighted by molar-refractivity contribution is 9.10. The van der Waals surface area contributed by atoms with Crippen LogP contribution in [0.3, 0.4) is 0 Å². The number of carbonyl (C=O) groups excluding carboxylic acids is 1. The molecule has 1 N–H and O–H groups in total. The van der Waals surface area contributed by atoms with Crippen molar-refractivity contribution in [3.05, 3.63) is 45.4 Å². The number of fused-ring (bicyclic) bond motifs is 1. The molecule has 0 fully saturated rings. The Hall–Kier alpha value is -2.61. The van der Waals surface area contributed by atoms with Crippen LogP contribution in [0.15, 0.2) is 28.7 Å². The number of hydrogen-bond acceptors (Lipinski definition) is 6. The number of hydrogen-bond donors (Lipinski definition) is 1. The summed E-state index contributed by atoms with van der Waals surface area (Å²) in [5, 5.41) is 10.4. The minimum Gasteiger partial charge on any atom is -0.503 e. The van der Waals surface area contributed by atoms with Crippen molar-refractivity contribution >= 4 is 22.0 Å². The van der Waals surface area contributed by atoms with Crippen LogP contribution in [0.1, 0.15) is 22.7 Å². The molecule has 0 saturated carbocycles. The molecule has 0 spiro atoms. The van der Waals surface area contributed by atoms with E-state index in [0.29, 0.717) is 41.1 Å². The lowest BCUT2D eigenvalue weighted by Crippen LogP contribution is -2.41. The lowest BCUT2D eigenvalue weighted by atomic mass is 9.88. The summed E-state index contributed by atoms with van der Waals surface area (Å²) >= 11 is 3.45. The van der Waals surface area contributed by atoms with Crippen molar-refractivity contribution in [3.8, 4) is 23.0 Å². The fourth-order valence-corrected chi connectivity index (χ4v) is 4.19. The third kappa shape index (κ3) is 3.94. The first-order valence-corrected chi connectivity index (χ1v) is 9.88. The van der Waals surface area contributed by atoms with E-state index in [9.17, 15) is 9.90 Å². The summed E-state index contributed by atoms with van der Waals surface area (Å²) in [5.41, 5.74) is 2.88. The Morgan fingerprint density at radius 3 is 2.38 bits per heavy atom. The average molecular weight is 466 g/mol. The molecule has 156 valence electrons. The maximum Gasteiger partial charge on any atom is 0.410 e. The molecule has 2 aromatic carbocycles. The van der Waals surface area contributed by atoms with Crippen LogP contribution in [0, 0.1) is 0 Å². The molecule has 0 saturated heterocycles. The van der Waals surface area contributed by atoms with Gasteiger partial charge in [-0.15, -0.1) is 0 Å². The van der Waals surface area contributed by atoms with Crippen LogP contribution in [0.25, 0.3) is 0 Å². The average Bonchev–Trinajstić information content (AvgIpc) is 2.75. The molecule has 3 rings (SSSR count). The summed E-state index contributed by atoms with van der Waals surface area (Å²) in [7, 11) is 6.05. The molecule has 1 aliphatic heterocycles. The molecule has 0 radical (unpaired) electrons. The predicted octanol–water partition coefficient (Wildman–Crippen LogP) is 4.09. The normalized spacial score (nSPS) is 15.5. The second kappa shape index (κ2) is 8.82. The topological polar surface area (TPSA) is 77.5 Å². The SMILES string of the molecule is COC(=O)N1CCc2cc(OC)c(OC)cc2C1Cc1ccc(OC)c(O)c1Br. The zero-order valence-electron chi connectivity index (χ0n) is 16.8. The smallest absolute Gasteiger partial charge is 0.410 e. The van der Waals surface area contributed by atoms with Gasteiger partial charge < -0.3 is 29.0 Å². The van der Waals surface area contributed by atoms with Gasteiger partial charge in [0.2, 0.25) is 0 Å². The quantitative estimate of drug-likeness (QED) is 0.716. The fraction of sp³-hybridized carbons (Fsp3) is 0.381. The number of rotatable bonds is 5. The summed E-state index contributed by atoms with van der Waals surface area (Å²) < 4.78 is 21.6. The molecule has 1 atom stereocenters. The van der Waals surface area contributed by atoms with Crippen LogP contribution in [0.2, 0.25) is 0 Å². The van der Waals surface area contributed by atoms with E-state index in [-0.39, 0.29) is 11.8 Å². The maximum atomic E-state index is 12.5. The van der Waals surface area contributed by atoms with Crippen LogP contribution in [-0.2, 0) is 17.6 Å². The molecule has 1 unspecified atom stereocenters. The molecule has 2 aromatic rings. The zero-order chi connectivity index (χ0) is 21.1. The number of methoxy groups -OCH3 is 4. The van der Waals surface area contributed by atoms with Crippen molar-refractivity contribution in [2.24, 2.45) is 0 Å². The number of carbonyl (C=O) groups is 1. The van der Waals surface area contributed by atoms with Gasteiger partial charge in [-0.1, -0.05) is 6.07 Å². The van der Waals surface area contributed by atoms with Gasteiger partial charge in [0, 0.05) is 6.54 Å². The number of nitrogens with zero attached hydrogens (tertiary/aromatic N) is 1. The van der Waals surface area contributed by atoms with E-state index in [4.69, 9.17) is 18.9 Å². The van der Waals surface area contributed by atoms with Gasteiger partial charge in [-0.25, -0.2) is 4.79 Å². The number of ether oxygens (including phenoxy) is 4. The van der Waals surface area contributed by atoms with E-state index in [1.807, 2.05) is 18.2 Å². The Morgan fingerprint density at radius 1 is 1.10 bits per heavy atom. The Kier molecular flexibility index (Phi) is 6.42. The first-order chi connectivity index (χ1) is 13.9. The summed E-state index contributed by atoms with van der Waals surface area (Å²) in [6.45, 7) is 0.513. The van der Waals surface area contributed by atoms with E-state index in [1.165, 1.54) is 14.2 Å². The highest BCUT2D eigenvalue weighted by atomic mass is 79.9. The molecular formula is C21H24BrNO6. The lowest BCUT2D eigenvalue weighted by molar-refractivity contribution is 0.100. The number of aromatic hydroxyl groups is 1. The monoisotopic (exact) mass is 465 g/mol. The minimum atomic E-state index is -0.399. The summed E-state index contributed by atoms with van der Waals surface area (Å²) in [4.78, 5) is 14.2. The summed E-state index contributed by atoms with van der Waals surface area (Å²) in [6, 6.07) is 7.14. The van der Waals surface area contributed by atoms with Gasteiger partial charge in [0.1, 0.15) is 0 Å². The van der Waals surface area contributed by atoms with Crippen LogP contribution in [-0.4, -0.2) is 51.1 Å². The van der Waals surface area contributed by atoms with Gasteiger partial charge in [0.25, 0.3) is 0 Å².